The molecule has 1 aliphatic carbocycles. The number of nitrogens with two attached hydrogens (primary N) is 1. The van der Waals surface area contributed by atoms with Crippen LogP contribution in [0, 0.1) is 19.7 Å². The highest BCUT2D eigenvalue weighted by Crippen LogP contribution is 2.41. The van der Waals surface area contributed by atoms with Gasteiger partial charge in [-0.05, 0) is 75.3 Å². The number of aromatic nitrogens is 2. The smallest absolute Gasteiger partial charge is 0.450 e. The molecule has 3 N–H and O–H groups in total. The summed E-state index contributed by atoms with van der Waals surface area (Å²) in [5.74, 6) is -1.13. The summed E-state index contributed by atoms with van der Waals surface area (Å²) >= 11 is 0. The van der Waals surface area contributed by atoms with E-state index in [-0.39, 0.29) is 42.9 Å². The minimum Gasteiger partial charge on any atom is -0.450 e. The summed E-state index contributed by atoms with van der Waals surface area (Å²) in [7, 11) is 0. The average Bonchev–Trinajstić information content (AvgIpc) is 3.30. The van der Waals surface area contributed by atoms with Gasteiger partial charge < -0.3 is 24.9 Å². The summed E-state index contributed by atoms with van der Waals surface area (Å²) in [6.45, 7) is 11.3. The fourth-order valence-electron chi connectivity index (χ4n) is 5.24. The fourth-order valence-corrected chi connectivity index (χ4v) is 5.24. The maximum atomic E-state index is 14.5. The van der Waals surface area contributed by atoms with Gasteiger partial charge in [0.15, 0.2) is 5.78 Å². The fraction of sp³-hybridized carbons (Fsp3) is 0.452. The number of Topliss-reactive ketones (excluding diaryl/α,β-unsaturated/α-hetero) is 1. The minimum absolute atomic E-state index is 0.00632. The predicted octanol–water partition coefficient (Wildman–Crippen LogP) is 4.75. The van der Waals surface area contributed by atoms with E-state index in [9.17, 15) is 23.6 Å². The first-order valence-corrected chi connectivity index (χ1v) is 14.0. The zero-order valence-electron chi connectivity index (χ0n) is 24.9. The highest BCUT2D eigenvalue weighted by molar-refractivity contribution is 5.97. The van der Waals surface area contributed by atoms with E-state index < -0.39 is 12.1 Å². The van der Waals surface area contributed by atoms with E-state index >= 15 is 0 Å². The van der Waals surface area contributed by atoms with Crippen molar-refractivity contribution >= 4 is 28.7 Å². The molecule has 0 radical (unpaired) electrons. The van der Waals surface area contributed by atoms with Crippen molar-refractivity contribution in [3.8, 4) is 11.4 Å². The Morgan fingerprint density at radius 3 is 2.40 bits per heavy atom. The van der Waals surface area contributed by atoms with Gasteiger partial charge in [-0.15, -0.1) is 0 Å². The number of amides is 1. The van der Waals surface area contributed by atoms with Crippen LogP contribution < -0.4 is 11.3 Å². The van der Waals surface area contributed by atoms with Crippen molar-refractivity contribution in [3.05, 3.63) is 61.7 Å². The molecule has 3 aromatic rings. The largest absolute Gasteiger partial charge is 0.506 e. The van der Waals surface area contributed by atoms with Crippen molar-refractivity contribution in [2.75, 3.05) is 6.61 Å². The van der Waals surface area contributed by atoms with Crippen LogP contribution in [0.5, 0.6) is 0 Å². The van der Waals surface area contributed by atoms with E-state index in [1.807, 2.05) is 40.7 Å². The molecule has 226 valence electrons. The van der Waals surface area contributed by atoms with Gasteiger partial charge in [-0.25, -0.2) is 14.2 Å². The van der Waals surface area contributed by atoms with Crippen LogP contribution in [-0.4, -0.2) is 45.2 Å². The Morgan fingerprint density at radius 1 is 1.12 bits per heavy atom. The Bertz CT molecular complexity index is 1590. The minimum atomic E-state index is -1.42. The van der Waals surface area contributed by atoms with Gasteiger partial charge in [0.2, 0.25) is 5.91 Å². The molecule has 2 aliphatic rings. The van der Waals surface area contributed by atoms with Crippen LogP contribution in [0.1, 0.15) is 73.9 Å². The number of carbonyl (C=O) groups excluding carboxylic acids is 2. The molecule has 0 bridgehead atoms. The molecule has 42 heavy (non-hydrogen) atoms. The molecular weight excluding hydrogens is 545 g/mol. The maximum Gasteiger partial charge on any atom is 0.506 e. The third-order valence-corrected chi connectivity index (χ3v) is 7.14. The molecular formula is C31H38FN3O7. The first kappa shape index (κ1) is 32.4. The lowest BCUT2D eigenvalue weighted by Gasteiger charge is -2.21. The maximum absolute atomic E-state index is 14.5. The number of halogens is 1. The summed E-state index contributed by atoms with van der Waals surface area (Å²) < 4.78 is 25.7. The lowest BCUT2D eigenvalue weighted by Crippen LogP contribution is -2.25. The first-order valence-electron chi connectivity index (χ1n) is 14.0. The van der Waals surface area contributed by atoms with Gasteiger partial charge in [0.25, 0.3) is 5.56 Å². The molecule has 10 nitrogen and oxygen atoms in total. The van der Waals surface area contributed by atoms with Gasteiger partial charge in [-0.2, -0.15) is 0 Å². The van der Waals surface area contributed by atoms with Crippen LogP contribution in [0.2, 0.25) is 0 Å². The van der Waals surface area contributed by atoms with Crippen molar-refractivity contribution in [2.24, 2.45) is 5.73 Å². The van der Waals surface area contributed by atoms with Crippen molar-refractivity contribution in [1.29, 1.82) is 0 Å². The molecule has 0 saturated heterocycles. The summed E-state index contributed by atoms with van der Waals surface area (Å²) in [5, 5.41) is 9.80. The lowest BCUT2D eigenvalue weighted by molar-refractivity contribution is -0.130. The number of nitrogens with zero attached hydrogens (tertiary/aromatic N) is 2. The average molecular weight is 584 g/mol. The molecule has 1 aromatic carbocycles. The van der Waals surface area contributed by atoms with Crippen LogP contribution in [0.15, 0.2) is 16.9 Å². The third-order valence-electron chi connectivity index (χ3n) is 7.14. The van der Waals surface area contributed by atoms with Gasteiger partial charge in [-0.1, -0.05) is 13.8 Å². The predicted molar refractivity (Wildman–Crippen MR) is 156 cm³/mol. The number of aryl methyl sites for hydroxylation is 3. The Labute approximate surface area is 243 Å². The van der Waals surface area contributed by atoms with E-state index in [2.05, 4.69) is 4.74 Å². The summed E-state index contributed by atoms with van der Waals surface area (Å²) in [4.78, 5) is 49.5. The second kappa shape index (κ2) is 13.7. The molecule has 11 heteroatoms. The summed E-state index contributed by atoms with van der Waals surface area (Å²) in [6, 6.07) is 3.33. The van der Waals surface area contributed by atoms with E-state index in [4.69, 9.17) is 20.6 Å². The first-order chi connectivity index (χ1) is 19.9. The number of carboxylic acid groups (broad SMARTS) is 1. The number of hydrogen-bond donors (Lipinski definition) is 2. The molecule has 0 fully saturated rings. The second-order valence-corrected chi connectivity index (χ2v) is 10.3. The zero-order valence-corrected chi connectivity index (χ0v) is 24.9. The molecule has 0 atom stereocenters. The highest BCUT2D eigenvalue weighted by Gasteiger charge is 2.30. The van der Waals surface area contributed by atoms with E-state index in [0.717, 1.165) is 47.0 Å². The quantitative estimate of drug-likeness (QED) is 0.234. The number of hydrogen-bond acceptors (Lipinski definition) is 7. The van der Waals surface area contributed by atoms with Crippen molar-refractivity contribution in [1.82, 2.24) is 9.55 Å². The molecule has 2 aromatic heterocycles. The van der Waals surface area contributed by atoms with Gasteiger partial charge in [-0.3, -0.25) is 14.4 Å². The number of ketones is 1. The lowest BCUT2D eigenvalue weighted by atomic mass is 9.85. The number of ether oxygens (including phenoxy) is 2. The van der Waals surface area contributed by atoms with Crippen LogP contribution in [0.4, 0.5) is 9.18 Å². The number of rotatable bonds is 7. The molecule has 1 amide bonds. The standard InChI is InChI=1S/C22H19FN2O4.C7H13NO3.C2H6/c1-10-6-18-20-14(8-25(18)21(26)15(10)9-29-22(27)28)13-5-3-4-12-11(2)16(23)7-17(24-20)19(12)13;1-5(2)11-4-6(9)3-7(8)10;1-2/h6-7H,3-5,8-9H2,1-2H3,(H,27,28);5H,3-4H2,1-2H3,(H2,8,10);1-2H3. The number of fused-ring (bicyclic) bond motifs is 4. The summed E-state index contributed by atoms with van der Waals surface area (Å²) in [6.07, 6.45) is 0.996. The van der Waals surface area contributed by atoms with Gasteiger partial charge >= 0.3 is 6.16 Å². The van der Waals surface area contributed by atoms with Crippen LogP contribution in [0.25, 0.3) is 22.3 Å². The van der Waals surface area contributed by atoms with Crippen molar-refractivity contribution < 1.29 is 33.4 Å². The van der Waals surface area contributed by atoms with Crippen LogP contribution in [-0.2, 0) is 45.1 Å². The van der Waals surface area contributed by atoms with Gasteiger partial charge in [0.05, 0.1) is 41.5 Å². The Kier molecular flexibility index (Phi) is 10.6. The zero-order chi connectivity index (χ0) is 31.3. The normalized spacial score (nSPS) is 12.5. The molecule has 0 saturated carbocycles. The van der Waals surface area contributed by atoms with E-state index in [1.54, 1.807) is 11.5 Å². The SMILES string of the molecule is CC.CC(C)OCC(=O)CC(N)=O.Cc1cc2n(c(=O)c1COC(=O)O)Cc1c-2nc2cc(F)c(C)c3c2c1CCC3. The number of carbonyl (C=O) groups is 3. The van der Waals surface area contributed by atoms with Crippen LogP contribution in [0.3, 0.4) is 0 Å². The molecule has 0 spiro atoms. The van der Waals surface area contributed by atoms with E-state index in [1.165, 1.54) is 6.07 Å². The van der Waals surface area contributed by atoms with Gasteiger partial charge in [0.1, 0.15) is 19.0 Å². The number of pyridine rings is 2. The monoisotopic (exact) mass is 583 g/mol. The Balaban J connectivity index is 0.000000317. The topological polar surface area (TPSA) is 151 Å². The number of benzene rings is 1. The molecule has 0 unspecified atom stereocenters. The Hall–Kier alpha value is -4.12. The second-order valence-electron chi connectivity index (χ2n) is 10.3. The Morgan fingerprint density at radius 2 is 1.79 bits per heavy atom. The third kappa shape index (κ3) is 6.84. The number of primary amides is 1. The molecule has 1 aliphatic heterocycles. The van der Waals surface area contributed by atoms with Crippen LogP contribution >= 0.6 is 0 Å². The molecule has 5 rings (SSSR count). The highest BCUT2D eigenvalue weighted by atomic mass is 19.1. The van der Waals surface area contributed by atoms with Gasteiger partial charge in [0, 0.05) is 17.0 Å². The summed E-state index contributed by atoms with van der Waals surface area (Å²) in [5.41, 5.74) is 11.4. The van der Waals surface area contributed by atoms with Crippen molar-refractivity contribution in [3.63, 3.8) is 0 Å². The van der Waals surface area contributed by atoms with Crippen molar-refractivity contribution in [2.45, 2.75) is 86.5 Å². The molecule has 3 heterocycles. The van der Waals surface area contributed by atoms with E-state index in [0.29, 0.717) is 34.4 Å².